The van der Waals surface area contributed by atoms with E-state index in [0.29, 0.717) is 24.3 Å². The molecule has 32 heavy (non-hydrogen) atoms. The van der Waals surface area contributed by atoms with Crippen molar-refractivity contribution in [2.75, 3.05) is 23.4 Å². The number of fused-ring (bicyclic) bond motifs is 1. The maximum absolute atomic E-state index is 12.4. The van der Waals surface area contributed by atoms with E-state index in [-0.39, 0.29) is 16.7 Å². The SMILES string of the molecule is O=C(COC(=O)Cn1[nH]c(=O)c2ccccc2c1=O)Nc1cccc(N2CCCC2=O)c1. The number of esters is 1. The Labute approximate surface area is 181 Å². The number of anilines is 2. The Bertz CT molecular complexity index is 1330. The van der Waals surface area contributed by atoms with E-state index in [9.17, 15) is 24.0 Å². The van der Waals surface area contributed by atoms with Gasteiger partial charge in [-0.15, -0.1) is 0 Å². The first kappa shape index (κ1) is 21.0. The molecule has 4 rings (SSSR count). The van der Waals surface area contributed by atoms with Crippen molar-refractivity contribution < 1.29 is 19.1 Å². The van der Waals surface area contributed by atoms with E-state index < -0.39 is 36.1 Å². The van der Waals surface area contributed by atoms with Gasteiger partial charge in [0.25, 0.3) is 17.0 Å². The van der Waals surface area contributed by atoms with Crippen LogP contribution in [0.15, 0.2) is 58.1 Å². The summed E-state index contributed by atoms with van der Waals surface area (Å²) in [5.74, 6) is -1.41. The van der Waals surface area contributed by atoms with Gasteiger partial charge in [0.2, 0.25) is 5.91 Å². The Morgan fingerprint density at radius 1 is 1.03 bits per heavy atom. The molecule has 0 bridgehead atoms. The number of H-pyrrole nitrogens is 1. The van der Waals surface area contributed by atoms with Gasteiger partial charge in [-0.05, 0) is 36.8 Å². The molecule has 0 radical (unpaired) electrons. The molecule has 1 aromatic heterocycles. The summed E-state index contributed by atoms with van der Waals surface area (Å²) in [5, 5.41) is 5.33. The summed E-state index contributed by atoms with van der Waals surface area (Å²) in [7, 11) is 0. The summed E-state index contributed by atoms with van der Waals surface area (Å²) in [6, 6.07) is 13.1. The van der Waals surface area contributed by atoms with Gasteiger partial charge in [-0.1, -0.05) is 18.2 Å². The predicted molar refractivity (Wildman–Crippen MR) is 116 cm³/mol. The minimum atomic E-state index is -0.857. The monoisotopic (exact) mass is 436 g/mol. The van der Waals surface area contributed by atoms with Gasteiger partial charge in [0.05, 0.1) is 10.8 Å². The minimum absolute atomic E-state index is 0.0318. The van der Waals surface area contributed by atoms with Gasteiger partial charge in [-0.25, -0.2) is 4.68 Å². The fraction of sp³-hybridized carbons (Fsp3) is 0.227. The quantitative estimate of drug-likeness (QED) is 0.555. The number of carbonyl (C=O) groups excluding carboxylic acids is 3. The zero-order valence-electron chi connectivity index (χ0n) is 17.0. The lowest BCUT2D eigenvalue weighted by molar-refractivity contribution is -0.148. The molecule has 10 nitrogen and oxygen atoms in total. The smallest absolute Gasteiger partial charge is 0.328 e. The first-order valence-corrected chi connectivity index (χ1v) is 10.00. The van der Waals surface area contributed by atoms with Gasteiger partial charge in [-0.2, -0.15) is 0 Å². The molecule has 0 unspecified atom stereocenters. The lowest BCUT2D eigenvalue weighted by Crippen LogP contribution is -2.33. The first-order chi connectivity index (χ1) is 15.4. The highest BCUT2D eigenvalue weighted by Gasteiger charge is 2.22. The van der Waals surface area contributed by atoms with Gasteiger partial charge >= 0.3 is 5.97 Å². The van der Waals surface area contributed by atoms with Crippen LogP contribution in [-0.4, -0.2) is 40.7 Å². The molecule has 0 saturated carbocycles. The molecule has 0 spiro atoms. The van der Waals surface area contributed by atoms with Crippen molar-refractivity contribution in [2.45, 2.75) is 19.4 Å². The van der Waals surface area contributed by atoms with Gasteiger partial charge < -0.3 is 15.0 Å². The fourth-order valence-corrected chi connectivity index (χ4v) is 3.55. The molecule has 1 saturated heterocycles. The highest BCUT2D eigenvalue weighted by atomic mass is 16.5. The molecule has 2 aromatic carbocycles. The number of nitrogens with one attached hydrogen (secondary N) is 2. The summed E-state index contributed by atoms with van der Waals surface area (Å²) >= 11 is 0. The minimum Gasteiger partial charge on any atom is -0.454 e. The normalized spacial score (nSPS) is 13.4. The van der Waals surface area contributed by atoms with Gasteiger partial charge in [-0.3, -0.25) is 29.1 Å². The van der Waals surface area contributed by atoms with Crippen molar-refractivity contribution in [3.05, 3.63) is 69.2 Å². The zero-order valence-corrected chi connectivity index (χ0v) is 17.0. The molecule has 10 heteroatoms. The summed E-state index contributed by atoms with van der Waals surface area (Å²) in [5.41, 5.74) is 0.0808. The van der Waals surface area contributed by atoms with Crippen molar-refractivity contribution in [2.24, 2.45) is 0 Å². The molecule has 2 amide bonds. The largest absolute Gasteiger partial charge is 0.454 e. The fourth-order valence-electron chi connectivity index (χ4n) is 3.55. The maximum atomic E-state index is 12.4. The van der Waals surface area contributed by atoms with Gasteiger partial charge in [0, 0.05) is 24.3 Å². The van der Waals surface area contributed by atoms with E-state index in [1.54, 1.807) is 41.3 Å². The molecule has 164 valence electrons. The third-order valence-corrected chi connectivity index (χ3v) is 5.05. The number of hydrogen-bond donors (Lipinski definition) is 2. The van der Waals surface area contributed by atoms with E-state index in [0.717, 1.165) is 11.1 Å². The van der Waals surface area contributed by atoms with E-state index in [1.807, 2.05) is 0 Å². The molecular weight excluding hydrogens is 416 g/mol. The van der Waals surface area contributed by atoms with Crippen molar-refractivity contribution >= 4 is 39.9 Å². The van der Waals surface area contributed by atoms with Crippen LogP contribution in [0.2, 0.25) is 0 Å². The van der Waals surface area contributed by atoms with Crippen LogP contribution in [0.25, 0.3) is 10.8 Å². The van der Waals surface area contributed by atoms with Crippen LogP contribution >= 0.6 is 0 Å². The highest BCUT2D eigenvalue weighted by molar-refractivity contribution is 5.97. The van der Waals surface area contributed by atoms with Crippen molar-refractivity contribution in [3.63, 3.8) is 0 Å². The molecule has 0 atom stereocenters. The van der Waals surface area contributed by atoms with Crippen LogP contribution in [0.3, 0.4) is 0 Å². The summed E-state index contributed by atoms with van der Waals surface area (Å²) in [6.07, 6.45) is 1.29. The summed E-state index contributed by atoms with van der Waals surface area (Å²) in [6.45, 7) is -0.485. The summed E-state index contributed by atoms with van der Waals surface area (Å²) < 4.78 is 5.79. The molecule has 1 fully saturated rings. The number of aromatic nitrogens is 2. The van der Waals surface area contributed by atoms with Crippen LogP contribution < -0.4 is 21.3 Å². The molecular formula is C22H20N4O6. The van der Waals surface area contributed by atoms with Gasteiger partial charge in [0.1, 0.15) is 6.54 Å². The second kappa shape index (κ2) is 8.88. The Morgan fingerprint density at radius 2 is 1.81 bits per heavy atom. The standard InChI is InChI=1S/C22H20N4O6/c27-18(23-14-5-3-6-15(11-14)25-10-4-9-19(25)28)13-32-20(29)12-26-22(31)17-8-2-1-7-16(17)21(30)24-26/h1-3,5-8,11H,4,9-10,12-13H2,(H,23,27)(H,24,30). The first-order valence-electron chi connectivity index (χ1n) is 10.00. The lowest BCUT2D eigenvalue weighted by Gasteiger charge is -2.16. The van der Waals surface area contributed by atoms with Crippen molar-refractivity contribution in [3.8, 4) is 0 Å². The third kappa shape index (κ3) is 4.43. The Kier molecular flexibility index (Phi) is 5.84. The number of carbonyl (C=O) groups is 3. The number of aromatic amines is 1. The molecule has 2 N–H and O–H groups in total. The summed E-state index contributed by atoms with van der Waals surface area (Å²) in [4.78, 5) is 62.3. The topological polar surface area (TPSA) is 131 Å². The number of rotatable bonds is 6. The third-order valence-electron chi connectivity index (χ3n) is 5.05. The average Bonchev–Trinajstić information content (AvgIpc) is 3.22. The molecule has 1 aliphatic heterocycles. The van der Waals surface area contributed by atoms with E-state index in [2.05, 4.69) is 10.4 Å². The predicted octanol–water partition coefficient (Wildman–Crippen LogP) is 0.998. The van der Waals surface area contributed by atoms with E-state index in [1.165, 1.54) is 12.1 Å². The number of hydrogen-bond acceptors (Lipinski definition) is 6. The van der Waals surface area contributed by atoms with E-state index in [4.69, 9.17) is 4.74 Å². The van der Waals surface area contributed by atoms with Crippen LogP contribution in [0.5, 0.6) is 0 Å². The Morgan fingerprint density at radius 3 is 2.56 bits per heavy atom. The lowest BCUT2D eigenvalue weighted by atomic mass is 10.2. The van der Waals surface area contributed by atoms with Crippen LogP contribution in [-0.2, 0) is 25.7 Å². The van der Waals surface area contributed by atoms with Crippen molar-refractivity contribution in [1.29, 1.82) is 0 Å². The highest BCUT2D eigenvalue weighted by Crippen LogP contribution is 2.24. The Hall–Kier alpha value is -4.21. The number of benzene rings is 2. The number of nitrogens with zero attached hydrogens (tertiary/aromatic N) is 2. The number of ether oxygens (including phenoxy) is 1. The zero-order chi connectivity index (χ0) is 22.7. The van der Waals surface area contributed by atoms with Crippen molar-refractivity contribution in [1.82, 2.24) is 9.78 Å². The van der Waals surface area contributed by atoms with Crippen LogP contribution in [0.4, 0.5) is 11.4 Å². The van der Waals surface area contributed by atoms with Crippen LogP contribution in [0.1, 0.15) is 12.8 Å². The number of amides is 2. The van der Waals surface area contributed by atoms with E-state index >= 15 is 0 Å². The molecule has 1 aliphatic rings. The second-order valence-corrected chi connectivity index (χ2v) is 7.29. The Balaban J connectivity index is 1.36. The molecule has 3 aromatic rings. The maximum Gasteiger partial charge on any atom is 0.328 e. The molecule has 2 heterocycles. The van der Waals surface area contributed by atoms with Crippen LogP contribution in [0, 0.1) is 0 Å². The average molecular weight is 436 g/mol. The second-order valence-electron chi connectivity index (χ2n) is 7.29. The van der Waals surface area contributed by atoms with Gasteiger partial charge in [0.15, 0.2) is 6.61 Å². The molecule has 0 aliphatic carbocycles.